The molecule has 0 spiro atoms. The van der Waals surface area contributed by atoms with Gasteiger partial charge in [0, 0.05) is 66.0 Å². The maximum Gasteiger partial charge on any atom is 0.158 e. The van der Waals surface area contributed by atoms with E-state index in [1.165, 1.54) is 12.8 Å². The Bertz CT molecular complexity index is 1620. The number of alkyl halides is 1. The standard InChI is InChI=1S/C30H36Cl2FN5.C7H12FN/c1-4-25-36-28-22-16-24(32)26(27(28)33)21-14-19(34)15-23(31)20(21)9-6-5-8-18(2)35-12-11-30(3)10-7-13-38(17-30)29(22)37-25;8-6-4-7-2-1-3-9(7)5-6/h14-16,35H,2,4-13,17,34H2,1,3H3;6-7H,1-5H2. The third-order valence-corrected chi connectivity index (χ3v) is 11.1. The summed E-state index contributed by atoms with van der Waals surface area (Å²) in [6, 6.07) is 5.93. The van der Waals surface area contributed by atoms with E-state index in [2.05, 4.69) is 33.6 Å². The molecule has 254 valence electrons. The first kappa shape index (κ1) is 34.2. The minimum absolute atomic E-state index is 0.107. The molecular formula is C37H48Cl2F2N6. The van der Waals surface area contributed by atoms with Gasteiger partial charge in [0.1, 0.15) is 23.3 Å². The first-order valence-electron chi connectivity index (χ1n) is 17.4. The van der Waals surface area contributed by atoms with Crippen molar-refractivity contribution in [2.45, 2.75) is 96.7 Å². The van der Waals surface area contributed by atoms with Crippen LogP contribution in [-0.2, 0) is 12.8 Å². The Hall–Kier alpha value is -2.68. The molecule has 3 aromatic rings. The molecule has 2 aromatic carbocycles. The predicted molar refractivity (Wildman–Crippen MR) is 192 cm³/mol. The van der Waals surface area contributed by atoms with Crippen molar-refractivity contribution in [2.75, 3.05) is 43.4 Å². The van der Waals surface area contributed by atoms with Gasteiger partial charge in [-0.05, 0) is 105 Å². The van der Waals surface area contributed by atoms with Gasteiger partial charge in [-0.1, -0.05) is 43.6 Å². The number of halogens is 4. The number of nitrogens with zero attached hydrogens (tertiary/aromatic N) is 4. The number of nitrogens with one attached hydrogen (secondary N) is 1. The zero-order chi connectivity index (χ0) is 33.3. The van der Waals surface area contributed by atoms with E-state index in [0.717, 1.165) is 88.2 Å². The van der Waals surface area contributed by atoms with E-state index in [0.29, 0.717) is 69.0 Å². The van der Waals surface area contributed by atoms with Crippen LogP contribution in [-0.4, -0.2) is 59.8 Å². The first-order valence-corrected chi connectivity index (χ1v) is 18.1. The van der Waals surface area contributed by atoms with E-state index >= 15 is 4.39 Å². The van der Waals surface area contributed by atoms with Gasteiger partial charge in [-0.3, -0.25) is 4.90 Å². The van der Waals surface area contributed by atoms with Crippen LogP contribution < -0.4 is 16.0 Å². The summed E-state index contributed by atoms with van der Waals surface area (Å²) in [5, 5.41) is 5.02. The Morgan fingerprint density at radius 2 is 1.87 bits per heavy atom. The average Bonchev–Trinajstić information content (AvgIpc) is 3.60. The molecule has 0 aliphatic carbocycles. The van der Waals surface area contributed by atoms with Crippen molar-refractivity contribution in [3.63, 3.8) is 0 Å². The molecule has 6 bridgehead atoms. The van der Waals surface area contributed by atoms with Crippen molar-refractivity contribution in [1.29, 1.82) is 0 Å². The van der Waals surface area contributed by atoms with Crippen LogP contribution in [0, 0.1) is 11.2 Å². The molecule has 5 aliphatic heterocycles. The van der Waals surface area contributed by atoms with Gasteiger partial charge in [-0.2, -0.15) is 0 Å². The third-order valence-electron chi connectivity index (χ3n) is 10.5. The molecule has 47 heavy (non-hydrogen) atoms. The number of rotatable bonds is 1. The van der Waals surface area contributed by atoms with Crippen molar-refractivity contribution < 1.29 is 8.78 Å². The van der Waals surface area contributed by atoms with Crippen LogP contribution in [0.2, 0.25) is 10.0 Å². The third kappa shape index (κ3) is 7.50. The average molecular weight is 686 g/mol. The predicted octanol–water partition coefficient (Wildman–Crippen LogP) is 8.91. The number of aromatic nitrogens is 2. The van der Waals surface area contributed by atoms with E-state index in [-0.39, 0.29) is 5.41 Å². The van der Waals surface area contributed by atoms with E-state index < -0.39 is 12.0 Å². The number of hydrogen-bond donors (Lipinski definition) is 2. The fraction of sp³-hybridized carbons (Fsp3) is 0.568. The van der Waals surface area contributed by atoms with Gasteiger partial charge in [0.2, 0.25) is 0 Å². The number of anilines is 2. The SMILES string of the molecule is C=C1CCCCc2c(Cl)cc(N)cc2-c2c(Cl)cc3c(nc(CC)nc3c2F)N2CCCC(C)(CCN1)C2.FC1CC2CCCN2C1. The van der Waals surface area contributed by atoms with Crippen LogP contribution in [0.4, 0.5) is 20.3 Å². The topological polar surface area (TPSA) is 70.3 Å². The maximum atomic E-state index is 16.5. The summed E-state index contributed by atoms with van der Waals surface area (Å²) in [5.41, 5.74) is 9.88. The van der Waals surface area contributed by atoms with Crippen molar-refractivity contribution in [3.8, 4) is 11.1 Å². The summed E-state index contributed by atoms with van der Waals surface area (Å²) in [6.45, 7) is 13.0. The molecule has 8 rings (SSSR count). The van der Waals surface area contributed by atoms with Crippen molar-refractivity contribution in [2.24, 2.45) is 5.41 Å². The summed E-state index contributed by atoms with van der Waals surface area (Å²) in [6.07, 6.45) is 10.0. The molecule has 3 saturated heterocycles. The Labute approximate surface area is 288 Å². The Morgan fingerprint density at radius 1 is 1.06 bits per heavy atom. The monoisotopic (exact) mass is 684 g/mol. The summed E-state index contributed by atoms with van der Waals surface area (Å²) in [4.78, 5) is 14.1. The molecule has 3 atom stereocenters. The van der Waals surface area contributed by atoms with Crippen molar-refractivity contribution in [1.82, 2.24) is 20.2 Å². The smallest absolute Gasteiger partial charge is 0.158 e. The van der Waals surface area contributed by atoms with E-state index in [4.69, 9.17) is 33.9 Å². The van der Waals surface area contributed by atoms with Gasteiger partial charge in [-0.25, -0.2) is 18.7 Å². The molecule has 0 saturated carbocycles. The molecule has 6 heterocycles. The normalized spacial score (nSPS) is 25.1. The Morgan fingerprint density at radius 3 is 2.66 bits per heavy atom. The Kier molecular flexibility index (Phi) is 10.5. The number of fused-ring (bicyclic) bond motifs is 9. The highest BCUT2D eigenvalue weighted by Crippen LogP contribution is 2.43. The lowest BCUT2D eigenvalue weighted by molar-refractivity contribution is 0.240. The number of nitrogen functional groups attached to an aromatic ring is 1. The number of nitrogens with two attached hydrogens (primary N) is 1. The number of hydrogen-bond acceptors (Lipinski definition) is 6. The van der Waals surface area contributed by atoms with Crippen LogP contribution in [0.1, 0.15) is 83.0 Å². The van der Waals surface area contributed by atoms with Gasteiger partial charge in [0.15, 0.2) is 5.82 Å². The minimum Gasteiger partial charge on any atom is -0.399 e. The summed E-state index contributed by atoms with van der Waals surface area (Å²) >= 11 is 13.6. The second-order valence-electron chi connectivity index (χ2n) is 14.2. The second-order valence-corrected chi connectivity index (χ2v) is 15.1. The highest BCUT2D eigenvalue weighted by atomic mass is 35.5. The summed E-state index contributed by atoms with van der Waals surface area (Å²) in [7, 11) is 0. The molecular weight excluding hydrogens is 637 g/mol. The fourth-order valence-electron chi connectivity index (χ4n) is 8.00. The lowest BCUT2D eigenvalue weighted by atomic mass is 9.79. The quantitative estimate of drug-likeness (QED) is 0.250. The van der Waals surface area contributed by atoms with Crippen LogP contribution in [0.3, 0.4) is 0 Å². The lowest BCUT2D eigenvalue weighted by Crippen LogP contribution is -2.43. The second kappa shape index (κ2) is 14.4. The molecule has 3 N–H and O–H groups in total. The first-order chi connectivity index (χ1) is 22.5. The fourth-order valence-corrected chi connectivity index (χ4v) is 8.62. The highest BCUT2D eigenvalue weighted by molar-refractivity contribution is 6.35. The number of piperidine rings is 1. The van der Waals surface area contributed by atoms with E-state index in [1.807, 2.05) is 13.0 Å². The van der Waals surface area contributed by atoms with E-state index in [9.17, 15) is 4.39 Å². The highest BCUT2D eigenvalue weighted by Gasteiger charge is 2.35. The number of aryl methyl sites for hydroxylation is 1. The van der Waals surface area contributed by atoms with Crippen LogP contribution in [0.5, 0.6) is 0 Å². The molecule has 0 amide bonds. The van der Waals surface area contributed by atoms with Crippen LogP contribution in [0.25, 0.3) is 22.0 Å². The molecule has 1 aromatic heterocycles. The summed E-state index contributed by atoms with van der Waals surface area (Å²) < 4.78 is 29.2. The van der Waals surface area contributed by atoms with Gasteiger partial charge in [0.05, 0.1) is 5.02 Å². The maximum absolute atomic E-state index is 16.5. The van der Waals surface area contributed by atoms with Crippen molar-refractivity contribution in [3.05, 3.63) is 57.7 Å². The molecule has 6 nitrogen and oxygen atoms in total. The van der Waals surface area contributed by atoms with Gasteiger partial charge >= 0.3 is 0 Å². The largest absolute Gasteiger partial charge is 0.399 e. The lowest BCUT2D eigenvalue weighted by Gasteiger charge is -2.41. The zero-order valence-corrected chi connectivity index (χ0v) is 29.3. The number of benzene rings is 2. The molecule has 3 unspecified atom stereocenters. The molecule has 0 radical (unpaired) electrons. The van der Waals surface area contributed by atoms with Crippen LogP contribution in [0.15, 0.2) is 30.5 Å². The molecule has 10 heteroatoms. The van der Waals surface area contributed by atoms with Crippen LogP contribution >= 0.6 is 23.2 Å². The number of allylic oxidation sites excluding steroid dienone is 1. The van der Waals surface area contributed by atoms with Gasteiger partial charge < -0.3 is 16.0 Å². The van der Waals surface area contributed by atoms with Gasteiger partial charge in [-0.15, -0.1) is 0 Å². The van der Waals surface area contributed by atoms with E-state index in [1.54, 1.807) is 12.1 Å². The van der Waals surface area contributed by atoms with Gasteiger partial charge in [0.25, 0.3) is 0 Å². The zero-order valence-electron chi connectivity index (χ0n) is 27.8. The molecule has 5 aliphatic rings. The summed E-state index contributed by atoms with van der Waals surface area (Å²) in [5.74, 6) is 0.923. The Balaban J connectivity index is 0.000000366. The van der Waals surface area contributed by atoms with Crippen molar-refractivity contribution >= 4 is 45.6 Å². The molecule has 3 fully saturated rings. The minimum atomic E-state index is -0.518.